The third kappa shape index (κ3) is 2.87. The second-order valence-corrected chi connectivity index (χ2v) is 8.63. The zero-order chi connectivity index (χ0) is 30.9. The van der Waals surface area contributed by atoms with Crippen molar-refractivity contribution in [1.29, 1.82) is 0 Å². The van der Waals surface area contributed by atoms with E-state index in [2.05, 4.69) is 0 Å². The van der Waals surface area contributed by atoms with Crippen molar-refractivity contribution in [2.75, 3.05) is 0 Å². The van der Waals surface area contributed by atoms with Crippen LogP contribution < -0.4 is 21.2 Å². The van der Waals surface area contributed by atoms with Crippen LogP contribution in [0.25, 0.3) is 0 Å². The van der Waals surface area contributed by atoms with Crippen LogP contribution in [0.3, 0.4) is 0 Å². The molecule has 0 nitrogen and oxygen atoms in total. The summed E-state index contributed by atoms with van der Waals surface area (Å²) in [6.07, 6.45) is 0. The predicted molar refractivity (Wildman–Crippen MR) is 116 cm³/mol. The van der Waals surface area contributed by atoms with Crippen LogP contribution in [0.2, 0.25) is 0 Å². The normalized spacial score (nSPS) is 19.3. The first-order valence-electron chi connectivity index (χ1n) is 15.2. The first-order valence-corrected chi connectivity index (χ1v) is 9.50. The zero-order valence-corrected chi connectivity index (χ0v) is 14.7. The van der Waals surface area contributed by atoms with E-state index in [4.69, 9.17) is 20.6 Å². The molecule has 0 aromatic heterocycles. The highest BCUT2D eigenvalue weighted by atomic mass is 31.2. The lowest BCUT2D eigenvalue weighted by molar-refractivity contribution is 1.49. The van der Waals surface area contributed by atoms with E-state index in [9.17, 15) is 0 Å². The van der Waals surface area contributed by atoms with Gasteiger partial charge in [-0.25, -0.2) is 0 Å². The Bertz CT molecular complexity index is 1490. The topological polar surface area (TPSA) is 0 Å². The van der Waals surface area contributed by atoms with Gasteiger partial charge in [0.2, 0.25) is 0 Å². The van der Waals surface area contributed by atoms with E-state index < -0.39 is 114 Å². The minimum absolute atomic E-state index is 0.0682. The van der Waals surface area contributed by atoms with Gasteiger partial charge in [0.15, 0.2) is 0 Å². The summed E-state index contributed by atoms with van der Waals surface area (Å²) < 4.78 is 128. The molecule has 0 unspecified atom stereocenters. The molecule has 0 heterocycles. The van der Waals surface area contributed by atoms with E-state index in [0.29, 0.717) is 0 Å². The monoisotopic (exact) mass is 368 g/mol. The van der Waals surface area contributed by atoms with Gasteiger partial charge >= 0.3 is 0 Å². The van der Waals surface area contributed by atoms with E-state index in [1.807, 2.05) is 0 Å². The summed E-state index contributed by atoms with van der Waals surface area (Å²) in [7, 11) is -4.47. The maximum Gasteiger partial charge on any atom is 0.144 e. The van der Waals surface area contributed by atoms with Crippen molar-refractivity contribution in [1.82, 2.24) is 0 Å². The Morgan fingerprint density at radius 1 is 0.500 bits per heavy atom. The second-order valence-electron chi connectivity index (χ2n) is 5.43. The van der Waals surface area contributed by atoms with E-state index >= 15 is 0 Å². The highest BCUT2D eigenvalue weighted by Crippen LogP contribution is 2.54. The van der Waals surface area contributed by atoms with Crippen molar-refractivity contribution in [2.24, 2.45) is 0 Å². The average molecular weight is 369 g/mol. The highest BCUT2D eigenvalue weighted by molar-refractivity contribution is 8.01. The SMILES string of the molecule is [2H]c1c([2H])c([2H])c([P+](c2ccc(C)cc2)(c2c([2H])c([2H])c([2H])c([2H])c2[2H])c2c([2H])c([2H])c([2H])c([2H])c2[2H])c([2H])c1[2H]. The molecule has 1 heteroatoms. The van der Waals surface area contributed by atoms with Crippen LogP contribution in [0.4, 0.5) is 0 Å². The Morgan fingerprint density at radius 3 is 1.19 bits per heavy atom. The minimum Gasteiger partial charge on any atom is -0.0620 e. The number of hydrogen-bond donors (Lipinski definition) is 0. The Hall–Kier alpha value is -2.69. The average Bonchev–Trinajstić information content (AvgIpc) is 2.95. The van der Waals surface area contributed by atoms with Crippen molar-refractivity contribution >= 4 is 28.5 Å². The third-order valence-corrected chi connectivity index (χ3v) is 7.64. The van der Waals surface area contributed by atoms with Crippen LogP contribution in [-0.2, 0) is 0 Å². The van der Waals surface area contributed by atoms with E-state index in [-0.39, 0.29) is 5.30 Å². The summed E-state index contributed by atoms with van der Waals surface area (Å²) in [5.74, 6) is 0. The van der Waals surface area contributed by atoms with Gasteiger partial charge in [-0.2, -0.15) is 0 Å². The molecule has 0 aliphatic rings. The summed E-state index contributed by atoms with van der Waals surface area (Å²) in [5.41, 5.74) is 0.718. The van der Waals surface area contributed by atoms with Crippen LogP contribution in [0, 0.1) is 6.92 Å². The maximum absolute atomic E-state index is 8.91. The van der Waals surface area contributed by atoms with Crippen LogP contribution >= 0.6 is 7.26 Å². The molecule has 126 valence electrons. The molecule has 0 bridgehead atoms. The molecule has 0 fully saturated rings. The molecule has 4 aromatic rings. The molecule has 4 rings (SSSR count). The summed E-state index contributed by atoms with van der Waals surface area (Å²) in [6.45, 7) is 1.74. The van der Waals surface area contributed by atoms with Gasteiger partial charge in [0, 0.05) is 0 Å². The maximum atomic E-state index is 8.91. The molecule has 26 heavy (non-hydrogen) atoms. The van der Waals surface area contributed by atoms with E-state index in [1.165, 1.54) is 12.1 Å². The minimum atomic E-state index is -4.47. The van der Waals surface area contributed by atoms with Crippen LogP contribution in [0.15, 0.2) is 115 Å². The van der Waals surface area contributed by atoms with Gasteiger partial charge < -0.3 is 0 Å². The van der Waals surface area contributed by atoms with E-state index in [1.54, 1.807) is 19.1 Å². The Balaban J connectivity index is 2.55. The van der Waals surface area contributed by atoms with Crippen molar-refractivity contribution in [2.45, 2.75) is 6.92 Å². The van der Waals surface area contributed by atoms with Crippen molar-refractivity contribution in [3.63, 3.8) is 0 Å². The van der Waals surface area contributed by atoms with Gasteiger partial charge in [-0.1, -0.05) is 72.1 Å². The molecular weight excluding hydrogens is 331 g/mol. The number of rotatable bonds is 4. The fourth-order valence-corrected chi connectivity index (χ4v) is 6.11. The van der Waals surface area contributed by atoms with Gasteiger partial charge in [-0.05, 0) is 55.3 Å². The highest BCUT2D eigenvalue weighted by Gasteiger charge is 2.47. The summed E-state index contributed by atoms with van der Waals surface area (Å²) in [5, 5.41) is -1.50. The number of benzene rings is 4. The molecule has 0 aliphatic carbocycles. The standard InChI is InChI=1S/C25H22P/c1-21-17-19-25(20-18-21)26(22-11-5-2-6-12-22,23-13-7-3-8-14-23)24-15-9-4-10-16-24/h2-20H,1H3/q+1/i2D,3D,4D,5D,6D,7D,8D,9D,10D,11D,12D,13D,14D,15D,16D. The molecule has 0 saturated heterocycles. The predicted octanol–water partition coefficient (Wildman–Crippen LogP) is 4.61. The lowest BCUT2D eigenvalue weighted by atomic mass is 10.2. The number of aryl methyl sites for hydroxylation is 1. The summed E-state index contributed by atoms with van der Waals surface area (Å²) in [4.78, 5) is 0. The van der Waals surface area contributed by atoms with Gasteiger partial charge in [-0.15, -0.1) is 0 Å². The van der Waals surface area contributed by atoms with Gasteiger partial charge in [0.05, 0.1) is 20.6 Å². The molecule has 0 radical (unpaired) electrons. The lowest BCUT2D eigenvalue weighted by Gasteiger charge is -2.27. The zero-order valence-electron chi connectivity index (χ0n) is 28.8. The van der Waals surface area contributed by atoms with Crippen molar-refractivity contribution in [3.05, 3.63) is 120 Å². The largest absolute Gasteiger partial charge is 0.144 e. The second kappa shape index (κ2) is 7.28. The summed E-state index contributed by atoms with van der Waals surface area (Å²) in [6, 6.07) is -5.66. The lowest BCUT2D eigenvalue weighted by Crippen LogP contribution is -2.38. The molecular formula is C25H22P+. The Morgan fingerprint density at radius 2 is 0.846 bits per heavy atom. The van der Waals surface area contributed by atoms with Crippen molar-refractivity contribution in [3.8, 4) is 0 Å². The number of hydrogen-bond acceptors (Lipinski definition) is 0. The van der Waals surface area contributed by atoms with Gasteiger partial charge in [0.1, 0.15) is 28.5 Å². The molecule has 0 saturated carbocycles. The molecule has 0 atom stereocenters. The molecule has 0 aliphatic heterocycles. The van der Waals surface area contributed by atoms with Crippen LogP contribution in [0.1, 0.15) is 26.1 Å². The quantitative estimate of drug-likeness (QED) is 0.461. The molecule has 0 amide bonds. The van der Waals surface area contributed by atoms with Gasteiger partial charge in [0.25, 0.3) is 0 Å². The fourth-order valence-electron chi connectivity index (χ4n) is 2.72. The fraction of sp³-hybridized carbons (Fsp3) is 0.0400. The van der Waals surface area contributed by atoms with E-state index in [0.717, 1.165) is 5.56 Å². The first kappa shape index (κ1) is 6.80. The van der Waals surface area contributed by atoms with Gasteiger partial charge in [-0.3, -0.25) is 0 Å². The van der Waals surface area contributed by atoms with Crippen LogP contribution in [-0.4, -0.2) is 0 Å². The third-order valence-electron chi connectivity index (χ3n) is 3.89. The molecule has 0 N–H and O–H groups in total. The van der Waals surface area contributed by atoms with Crippen molar-refractivity contribution < 1.29 is 20.6 Å². The first-order chi connectivity index (χ1) is 19.0. The smallest absolute Gasteiger partial charge is 0.0620 e. The van der Waals surface area contributed by atoms with Crippen LogP contribution in [0.5, 0.6) is 0 Å². The molecule has 0 spiro atoms. The molecule has 4 aromatic carbocycles. The summed E-state index contributed by atoms with van der Waals surface area (Å²) >= 11 is 0. The Labute approximate surface area is 177 Å². The Kier molecular flexibility index (Phi) is 1.90.